The minimum Gasteiger partial charge on any atom is -0.445 e. The average molecular weight is 148 g/mol. The molecule has 0 aromatic rings. The van der Waals surface area contributed by atoms with Crippen molar-refractivity contribution >= 4 is 6.47 Å². The first-order valence-corrected chi connectivity index (χ1v) is 3.07. The summed E-state index contributed by atoms with van der Waals surface area (Å²) in [5.74, 6) is 0. The predicted octanol–water partition coefficient (Wildman–Crippen LogP) is -0.725. The predicted molar refractivity (Wildman–Crippen MR) is 31.6 cm³/mol. The summed E-state index contributed by atoms with van der Waals surface area (Å²) in [7, 11) is 0. The lowest BCUT2D eigenvalue weighted by Gasteiger charge is -2.26. The largest absolute Gasteiger partial charge is 0.445 e. The van der Waals surface area contributed by atoms with E-state index in [1.54, 1.807) is 0 Å². The van der Waals surface area contributed by atoms with Gasteiger partial charge in [0, 0.05) is 19.6 Å². The van der Waals surface area contributed by atoms with E-state index < -0.39 is 6.23 Å². The minimum atomic E-state index is -0.744. The Kier molecular flexibility index (Phi) is 2.58. The molecule has 10 heavy (non-hydrogen) atoms. The first-order valence-electron chi connectivity index (χ1n) is 3.07. The van der Waals surface area contributed by atoms with Crippen molar-refractivity contribution < 1.29 is 14.0 Å². The van der Waals surface area contributed by atoms with E-state index in [0.717, 1.165) is 0 Å². The lowest BCUT2D eigenvalue weighted by molar-refractivity contribution is -0.172. The Morgan fingerprint density at radius 1 is 1.80 bits per heavy atom. The van der Waals surface area contributed by atoms with E-state index in [1.807, 2.05) is 0 Å². The summed E-state index contributed by atoms with van der Waals surface area (Å²) in [6.07, 6.45) is -0.744. The molecule has 4 nitrogen and oxygen atoms in total. The van der Waals surface area contributed by atoms with Crippen molar-refractivity contribution in [2.75, 3.05) is 19.6 Å². The number of hydrogen-bond acceptors (Lipinski definition) is 4. The number of ether oxygens (including phenoxy) is 1. The van der Waals surface area contributed by atoms with Gasteiger partial charge in [0.05, 0.1) is 0 Å². The lowest BCUT2D eigenvalue weighted by Crippen LogP contribution is -2.48. The van der Waals surface area contributed by atoms with Gasteiger partial charge in [0.25, 0.3) is 6.47 Å². The number of nitrogens with zero attached hydrogens (tertiary/aromatic N) is 1. The third-order valence-electron chi connectivity index (χ3n) is 1.35. The van der Waals surface area contributed by atoms with Gasteiger partial charge in [-0.25, -0.2) is 0 Å². The summed E-state index contributed by atoms with van der Waals surface area (Å²) in [5, 5.41) is 3.39. The molecule has 1 aliphatic heterocycles. The Balaban J connectivity index is 2.32. The molecule has 0 saturated carbocycles. The van der Waals surface area contributed by atoms with E-state index in [0.29, 0.717) is 18.2 Å². The number of hydrogen-bond donors (Lipinski definition) is 1. The molecule has 5 heteroatoms. The summed E-state index contributed by atoms with van der Waals surface area (Å²) in [4.78, 5) is 9.78. The zero-order valence-corrected chi connectivity index (χ0v) is 5.42. The third kappa shape index (κ3) is 1.65. The Labute approximate surface area is 57.9 Å². The van der Waals surface area contributed by atoms with Crippen LogP contribution in [0.1, 0.15) is 0 Å². The van der Waals surface area contributed by atoms with Crippen LogP contribution in [0, 0.1) is 0 Å². The fraction of sp³-hybridized carbons (Fsp3) is 0.800. The second-order valence-corrected chi connectivity index (χ2v) is 2.01. The van der Waals surface area contributed by atoms with E-state index in [4.69, 9.17) is 0 Å². The van der Waals surface area contributed by atoms with Crippen LogP contribution in [-0.2, 0) is 9.53 Å². The molecule has 0 amide bonds. The minimum absolute atomic E-state index is 0.254. The van der Waals surface area contributed by atoms with Crippen molar-refractivity contribution in [3.63, 3.8) is 0 Å². The highest BCUT2D eigenvalue weighted by Gasteiger charge is 2.22. The molecule has 1 atom stereocenters. The van der Waals surface area contributed by atoms with E-state index >= 15 is 0 Å². The first kappa shape index (κ1) is 7.43. The van der Waals surface area contributed by atoms with Crippen molar-refractivity contribution in [1.82, 2.24) is 10.4 Å². The molecular weight excluding hydrogens is 139 g/mol. The van der Waals surface area contributed by atoms with Crippen molar-refractivity contribution in [3.8, 4) is 0 Å². The standard InChI is InChI=1S/C5H9FN2O2/c6-8-2-1-7-3-5(8)10-4-9/h4-5,7H,1-3H2. The van der Waals surface area contributed by atoms with Gasteiger partial charge in [-0.3, -0.25) is 4.79 Å². The summed E-state index contributed by atoms with van der Waals surface area (Å²) in [6, 6.07) is 0. The second kappa shape index (κ2) is 3.48. The van der Waals surface area contributed by atoms with Gasteiger partial charge in [0.2, 0.25) is 0 Å². The van der Waals surface area contributed by atoms with Gasteiger partial charge in [-0.05, 0) is 0 Å². The van der Waals surface area contributed by atoms with Gasteiger partial charge >= 0.3 is 0 Å². The monoisotopic (exact) mass is 148 g/mol. The van der Waals surface area contributed by atoms with Crippen molar-refractivity contribution in [2.24, 2.45) is 0 Å². The first-order chi connectivity index (χ1) is 4.84. The maximum atomic E-state index is 12.5. The van der Waals surface area contributed by atoms with E-state index in [9.17, 15) is 9.28 Å². The molecule has 1 aliphatic rings. The molecular formula is C5H9FN2O2. The topological polar surface area (TPSA) is 41.6 Å². The highest BCUT2D eigenvalue weighted by Crippen LogP contribution is 2.02. The summed E-state index contributed by atoms with van der Waals surface area (Å²) < 4.78 is 16.9. The molecule has 0 aliphatic carbocycles. The van der Waals surface area contributed by atoms with Crippen LogP contribution in [0.4, 0.5) is 4.48 Å². The van der Waals surface area contributed by atoms with Crippen LogP contribution in [-0.4, -0.2) is 37.5 Å². The van der Waals surface area contributed by atoms with Gasteiger partial charge in [-0.15, -0.1) is 9.60 Å². The second-order valence-electron chi connectivity index (χ2n) is 2.01. The van der Waals surface area contributed by atoms with Crippen LogP contribution in [0.2, 0.25) is 0 Å². The zero-order chi connectivity index (χ0) is 7.40. The Hall–Kier alpha value is -0.680. The van der Waals surface area contributed by atoms with Crippen LogP contribution in [0.3, 0.4) is 0 Å². The maximum absolute atomic E-state index is 12.5. The highest BCUT2D eigenvalue weighted by atomic mass is 19.2. The van der Waals surface area contributed by atoms with Crippen LogP contribution in [0.5, 0.6) is 0 Å². The summed E-state index contributed by atoms with van der Waals surface area (Å²) >= 11 is 0. The fourth-order valence-corrected chi connectivity index (χ4v) is 0.833. The smallest absolute Gasteiger partial charge is 0.294 e. The molecule has 1 unspecified atom stereocenters. The van der Waals surface area contributed by atoms with E-state index in [1.165, 1.54) is 0 Å². The fourth-order valence-electron chi connectivity index (χ4n) is 0.833. The summed E-state index contributed by atoms with van der Waals surface area (Å²) in [6.45, 7) is 1.47. The van der Waals surface area contributed by atoms with Crippen LogP contribution in [0.25, 0.3) is 0 Å². The molecule has 1 N–H and O–H groups in total. The molecule has 1 fully saturated rings. The van der Waals surface area contributed by atoms with Crippen molar-refractivity contribution in [3.05, 3.63) is 0 Å². The van der Waals surface area contributed by atoms with Gasteiger partial charge in [0.1, 0.15) is 0 Å². The molecule has 0 bridgehead atoms. The van der Waals surface area contributed by atoms with Gasteiger partial charge in [-0.2, -0.15) is 0 Å². The lowest BCUT2D eigenvalue weighted by atomic mass is 10.4. The van der Waals surface area contributed by atoms with Gasteiger partial charge in [0.15, 0.2) is 6.23 Å². The maximum Gasteiger partial charge on any atom is 0.294 e. The molecule has 1 rings (SSSR count). The van der Waals surface area contributed by atoms with E-state index in [-0.39, 0.29) is 13.0 Å². The van der Waals surface area contributed by atoms with Gasteiger partial charge < -0.3 is 10.1 Å². The molecule has 1 heterocycles. The summed E-state index contributed by atoms with van der Waals surface area (Å²) in [5.41, 5.74) is 0. The Morgan fingerprint density at radius 2 is 2.60 bits per heavy atom. The van der Waals surface area contributed by atoms with Crippen LogP contribution in [0.15, 0.2) is 0 Å². The number of nitrogens with one attached hydrogen (secondary N) is 1. The average Bonchev–Trinajstić information content (AvgIpc) is 1.94. The number of piperazine rings is 1. The molecule has 0 aromatic heterocycles. The van der Waals surface area contributed by atoms with E-state index in [2.05, 4.69) is 10.1 Å². The van der Waals surface area contributed by atoms with Crippen molar-refractivity contribution in [1.29, 1.82) is 0 Å². The number of carbonyl (C=O) groups is 1. The number of carbonyl (C=O) groups excluding carboxylic acids is 1. The zero-order valence-electron chi connectivity index (χ0n) is 5.42. The molecule has 0 aromatic carbocycles. The normalized spacial score (nSPS) is 27.9. The number of halogens is 1. The molecule has 1 saturated heterocycles. The molecule has 58 valence electrons. The molecule has 0 radical (unpaired) electrons. The SMILES string of the molecule is O=COC1CNCCN1F. The van der Waals surface area contributed by atoms with Gasteiger partial charge in [-0.1, -0.05) is 0 Å². The van der Waals surface area contributed by atoms with Crippen LogP contribution >= 0.6 is 0 Å². The highest BCUT2D eigenvalue weighted by molar-refractivity contribution is 5.37. The van der Waals surface area contributed by atoms with Crippen LogP contribution < -0.4 is 5.32 Å². The third-order valence-corrected chi connectivity index (χ3v) is 1.35. The number of rotatable bonds is 2. The Morgan fingerprint density at radius 3 is 3.20 bits per heavy atom. The van der Waals surface area contributed by atoms with Crippen molar-refractivity contribution in [2.45, 2.75) is 6.23 Å². The molecule has 0 spiro atoms. The Bertz CT molecular complexity index is 122. The quantitative estimate of drug-likeness (QED) is 0.414.